The van der Waals surface area contributed by atoms with Crippen molar-refractivity contribution in [1.29, 1.82) is 0 Å². The Morgan fingerprint density at radius 2 is 1.65 bits per heavy atom. The minimum Gasteiger partial charge on any atom is -0.493 e. The molecule has 11 heteroatoms. The van der Waals surface area contributed by atoms with Crippen LogP contribution in [0, 0.1) is 19.7 Å². The van der Waals surface area contributed by atoms with Crippen molar-refractivity contribution in [3.8, 4) is 17.2 Å². The minimum absolute atomic E-state index is 0.0225. The number of amides is 1. The minimum atomic E-state index is -4.12. The molecule has 0 unspecified atom stereocenters. The van der Waals surface area contributed by atoms with Crippen molar-refractivity contribution < 1.29 is 27.1 Å². The van der Waals surface area contributed by atoms with E-state index in [2.05, 4.69) is 10.5 Å². The zero-order valence-corrected chi connectivity index (χ0v) is 23.3. The first-order chi connectivity index (χ1) is 19.1. The van der Waals surface area contributed by atoms with Crippen molar-refractivity contribution in [3.05, 3.63) is 102 Å². The summed E-state index contributed by atoms with van der Waals surface area (Å²) in [6, 6.07) is 20.4. The fourth-order valence-electron chi connectivity index (χ4n) is 4.26. The number of carbonyl (C=O) groups is 1. The van der Waals surface area contributed by atoms with Crippen LogP contribution in [0.4, 0.5) is 10.1 Å². The van der Waals surface area contributed by atoms with Crippen molar-refractivity contribution in [3.63, 3.8) is 0 Å². The fraction of sp³-hybridized carbons (Fsp3) is 0.172. The average molecular weight is 565 g/mol. The van der Waals surface area contributed by atoms with Gasteiger partial charge in [0, 0.05) is 28.7 Å². The number of methoxy groups -OCH3 is 2. The first-order valence-corrected chi connectivity index (χ1v) is 13.7. The summed E-state index contributed by atoms with van der Waals surface area (Å²) in [5, 5.41) is 4.06. The number of nitrogens with one attached hydrogen (secondary N) is 1. The second-order valence-electron chi connectivity index (χ2n) is 8.80. The lowest BCUT2D eigenvalue weighted by molar-refractivity contribution is -0.119. The molecule has 1 aromatic heterocycles. The lowest BCUT2D eigenvalue weighted by atomic mass is 10.2. The van der Waals surface area contributed by atoms with Crippen molar-refractivity contribution in [2.24, 2.45) is 5.10 Å². The molecule has 0 saturated carbocycles. The molecule has 0 aliphatic carbocycles. The van der Waals surface area contributed by atoms with Crippen LogP contribution in [0.1, 0.15) is 17.0 Å². The van der Waals surface area contributed by atoms with E-state index >= 15 is 0 Å². The van der Waals surface area contributed by atoms with Crippen LogP contribution in [0.3, 0.4) is 0 Å². The van der Waals surface area contributed by atoms with E-state index in [9.17, 15) is 17.6 Å². The molecule has 40 heavy (non-hydrogen) atoms. The Balaban J connectivity index is 1.58. The van der Waals surface area contributed by atoms with E-state index in [1.54, 1.807) is 36.4 Å². The number of aromatic nitrogens is 1. The lowest BCUT2D eigenvalue weighted by Gasteiger charge is -2.24. The number of carbonyl (C=O) groups excluding carboxylic acids is 1. The van der Waals surface area contributed by atoms with Crippen LogP contribution in [0.5, 0.6) is 11.5 Å². The van der Waals surface area contributed by atoms with E-state index in [-0.39, 0.29) is 16.4 Å². The Hall–Kier alpha value is -4.64. The standard InChI is InChI=1S/C29H29FN4O5S/c1-20-16-22(21(2)34(20)24-12-10-23(30)11-13-24)18-31-32-29(35)19-33(40(36,37)26-8-6-5-7-9-26)25-14-15-27(38-3)28(17-25)39-4/h5-18H,19H2,1-4H3,(H,32,35)/b31-18-. The van der Waals surface area contributed by atoms with Gasteiger partial charge < -0.3 is 14.0 Å². The van der Waals surface area contributed by atoms with Gasteiger partial charge in [-0.3, -0.25) is 9.10 Å². The van der Waals surface area contributed by atoms with Gasteiger partial charge in [-0.25, -0.2) is 18.2 Å². The molecule has 0 spiro atoms. The Morgan fingerprint density at radius 3 is 2.30 bits per heavy atom. The Kier molecular flexibility index (Phi) is 8.54. The zero-order chi connectivity index (χ0) is 28.9. The van der Waals surface area contributed by atoms with Gasteiger partial charge in [-0.15, -0.1) is 0 Å². The van der Waals surface area contributed by atoms with Gasteiger partial charge in [-0.1, -0.05) is 18.2 Å². The van der Waals surface area contributed by atoms with E-state index in [1.807, 2.05) is 24.5 Å². The van der Waals surface area contributed by atoms with Gasteiger partial charge in [-0.2, -0.15) is 5.10 Å². The number of hydrogen-bond donors (Lipinski definition) is 1. The monoisotopic (exact) mass is 564 g/mol. The van der Waals surface area contributed by atoms with Crippen LogP contribution in [-0.4, -0.2) is 45.9 Å². The molecule has 0 saturated heterocycles. The number of halogens is 1. The summed E-state index contributed by atoms with van der Waals surface area (Å²) in [6.45, 7) is 3.24. The van der Waals surface area contributed by atoms with Crippen LogP contribution in [0.2, 0.25) is 0 Å². The molecule has 0 fully saturated rings. The molecule has 1 amide bonds. The molecule has 3 aromatic carbocycles. The van der Waals surface area contributed by atoms with Gasteiger partial charge in [0.05, 0.1) is 31.0 Å². The number of sulfonamides is 1. The first-order valence-electron chi connectivity index (χ1n) is 12.2. The third-order valence-corrected chi connectivity index (χ3v) is 8.01. The van der Waals surface area contributed by atoms with E-state index in [1.165, 1.54) is 56.8 Å². The highest BCUT2D eigenvalue weighted by atomic mass is 32.2. The maximum absolute atomic E-state index is 13.6. The molecular weight excluding hydrogens is 535 g/mol. The second-order valence-corrected chi connectivity index (χ2v) is 10.7. The van der Waals surface area contributed by atoms with E-state index < -0.39 is 22.5 Å². The Bertz CT molecular complexity index is 1640. The molecule has 0 atom stereocenters. The molecule has 0 aliphatic heterocycles. The maximum atomic E-state index is 13.6. The summed E-state index contributed by atoms with van der Waals surface area (Å²) in [4.78, 5) is 13.0. The first kappa shape index (κ1) is 28.4. The maximum Gasteiger partial charge on any atom is 0.264 e. The van der Waals surface area contributed by atoms with E-state index in [0.717, 1.165) is 26.9 Å². The van der Waals surface area contributed by atoms with Gasteiger partial charge in [0.2, 0.25) is 0 Å². The molecule has 1 N–H and O–H groups in total. The lowest BCUT2D eigenvalue weighted by Crippen LogP contribution is -2.39. The summed E-state index contributed by atoms with van der Waals surface area (Å²) in [5.41, 5.74) is 5.88. The largest absolute Gasteiger partial charge is 0.493 e. The summed E-state index contributed by atoms with van der Waals surface area (Å²) in [5.74, 6) is -0.260. The summed E-state index contributed by atoms with van der Waals surface area (Å²) in [6.07, 6.45) is 1.48. The molecule has 0 radical (unpaired) electrons. The van der Waals surface area contributed by atoms with Gasteiger partial charge in [0.25, 0.3) is 15.9 Å². The number of aryl methyl sites for hydroxylation is 1. The van der Waals surface area contributed by atoms with Crippen LogP contribution in [0.15, 0.2) is 88.9 Å². The molecule has 1 heterocycles. The van der Waals surface area contributed by atoms with Crippen LogP contribution < -0.4 is 19.2 Å². The molecule has 9 nitrogen and oxygen atoms in total. The molecule has 0 bridgehead atoms. The number of hydrazone groups is 1. The summed E-state index contributed by atoms with van der Waals surface area (Å²) < 4.78 is 54.0. The molecule has 0 aliphatic rings. The average Bonchev–Trinajstić information content (AvgIpc) is 3.24. The molecular formula is C29H29FN4O5S. The van der Waals surface area contributed by atoms with Crippen molar-refractivity contribution in [2.45, 2.75) is 18.7 Å². The number of anilines is 1. The van der Waals surface area contributed by atoms with Crippen molar-refractivity contribution in [1.82, 2.24) is 9.99 Å². The highest BCUT2D eigenvalue weighted by Gasteiger charge is 2.28. The Morgan fingerprint density at radius 1 is 0.975 bits per heavy atom. The van der Waals surface area contributed by atoms with Gasteiger partial charge in [0.1, 0.15) is 12.4 Å². The molecule has 4 rings (SSSR count). The second kappa shape index (κ2) is 12.0. The molecule has 4 aromatic rings. The third-order valence-electron chi connectivity index (χ3n) is 6.22. The number of nitrogens with zero attached hydrogens (tertiary/aromatic N) is 3. The highest BCUT2D eigenvalue weighted by Crippen LogP contribution is 2.33. The van der Waals surface area contributed by atoms with E-state index in [0.29, 0.717) is 11.5 Å². The topological polar surface area (TPSA) is 102 Å². The number of ether oxygens (including phenoxy) is 2. The van der Waals surface area contributed by atoms with Crippen molar-refractivity contribution >= 4 is 27.8 Å². The zero-order valence-electron chi connectivity index (χ0n) is 22.5. The predicted octanol–water partition coefficient (Wildman–Crippen LogP) is 4.60. The van der Waals surface area contributed by atoms with Gasteiger partial charge >= 0.3 is 0 Å². The summed E-state index contributed by atoms with van der Waals surface area (Å²) >= 11 is 0. The van der Waals surface area contributed by atoms with Gasteiger partial charge in [-0.05, 0) is 68.4 Å². The number of rotatable bonds is 10. The normalized spacial score (nSPS) is 11.4. The number of hydrogen-bond acceptors (Lipinski definition) is 6. The van der Waals surface area contributed by atoms with Crippen LogP contribution >= 0.6 is 0 Å². The third kappa shape index (κ3) is 5.99. The SMILES string of the molecule is COc1ccc(N(CC(=O)N/N=C\c2cc(C)n(-c3ccc(F)cc3)c2C)S(=O)(=O)c2ccccc2)cc1OC. The fourth-order valence-corrected chi connectivity index (χ4v) is 5.69. The quantitative estimate of drug-likeness (QED) is 0.224. The summed E-state index contributed by atoms with van der Waals surface area (Å²) in [7, 11) is -1.21. The highest BCUT2D eigenvalue weighted by molar-refractivity contribution is 7.92. The van der Waals surface area contributed by atoms with E-state index in [4.69, 9.17) is 9.47 Å². The van der Waals surface area contributed by atoms with Crippen LogP contribution in [0.25, 0.3) is 5.69 Å². The Labute approximate surface area is 232 Å². The van der Waals surface area contributed by atoms with Gasteiger partial charge in [0.15, 0.2) is 11.5 Å². The molecule has 208 valence electrons. The number of benzene rings is 3. The smallest absolute Gasteiger partial charge is 0.264 e. The van der Waals surface area contributed by atoms with Crippen molar-refractivity contribution in [2.75, 3.05) is 25.1 Å². The van der Waals surface area contributed by atoms with Crippen LogP contribution in [-0.2, 0) is 14.8 Å². The predicted molar refractivity (Wildman–Crippen MR) is 151 cm³/mol.